The van der Waals surface area contributed by atoms with Gasteiger partial charge in [-0.25, -0.2) is 9.97 Å². The smallest absolute Gasteiger partial charge is 0.161 e. The Labute approximate surface area is 133 Å². The first kappa shape index (κ1) is 14.2. The molecule has 1 aromatic heterocycles. The van der Waals surface area contributed by atoms with Gasteiger partial charge in [-0.2, -0.15) is 5.26 Å². The number of nitrogens with zero attached hydrogens (tertiary/aromatic N) is 3. The number of hydrogen-bond acceptors (Lipinski definition) is 3. The van der Waals surface area contributed by atoms with Gasteiger partial charge >= 0.3 is 0 Å². The number of halogens is 1. The summed E-state index contributed by atoms with van der Waals surface area (Å²) in [6, 6.07) is 19.5. The SMILES string of the molecule is Cc1ccc(-c2nc(-c3ccccc3)nc(Cl)c2C#N)cc1. The zero-order valence-electron chi connectivity index (χ0n) is 11.9. The fourth-order valence-corrected chi connectivity index (χ4v) is 2.38. The predicted octanol–water partition coefficient (Wildman–Crippen LogP) is 4.64. The van der Waals surface area contributed by atoms with Gasteiger partial charge in [-0.15, -0.1) is 0 Å². The van der Waals surface area contributed by atoms with Crippen LogP contribution in [0.5, 0.6) is 0 Å². The van der Waals surface area contributed by atoms with Gasteiger partial charge in [-0.05, 0) is 6.92 Å². The molecule has 0 amide bonds. The van der Waals surface area contributed by atoms with Crippen LogP contribution in [0.2, 0.25) is 5.15 Å². The average molecular weight is 306 g/mol. The van der Waals surface area contributed by atoms with Crippen molar-refractivity contribution in [1.29, 1.82) is 5.26 Å². The van der Waals surface area contributed by atoms with Gasteiger partial charge in [0.2, 0.25) is 0 Å². The zero-order valence-corrected chi connectivity index (χ0v) is 12.7. The first-order chi connectivity index (χ1) is 10.7. The number of hydrogen-bond donors (Lipinski definition) is 0. The summed E-state index contributed by atoms with van der Waals surface area (Å²) in [5.74, 6) is 0.514. The van der Waals surface area contributed by atoms with Crippen molar-refractivity contribution in [2.45, 2.75) is 6.92 Å². The molecule has 0 spiro atoms. The molecule has 106 valence electrons. The van der Waals surface area contributed by atoms with Gasteiger partial charge in [0.25, 0.3) is 0 Å². The number of benzene rings is 2. The van der Waals surface area contributed by atoms with E-state index in [1.54, 1.807) is 0 Å². The van der Waals surface area contributed by atoms with Crippen LogP contribution < -0.4 is 0 Å². The minimum Gasteiger partial charge on any atom is -0.226 e. The van der Waals surface area contributed by atoms with E-state index in [1.807, 2.05) is 61.5 Å². The van der Waals surface area contributed by atoms with Crippen molar-refractivity contribution in [2.75, 3.05) is 0 Å². The third kappa shape index (κ3) is 2.69. The Bertz CT molecular complexity index is 850. The van der Waals surface area contributed by atoms with Crippen molar-refractivity contribution in [2.24, 2.45) is 0 Å². The summed E-state index contributed by atoms with van der Waals surface area (Å²) < 4.78 is 0. The van der Waals surface area contributed by atoms with Crippen LogP contribution in [0.3, 0.4) is 0 Å². The highest BCUT2D eigenvalue weighted by Gasteiger charge is 2.15. The van der Waals surface area contributed by atoms with E-state index in [4.69, 9.17) is 11.6 Å². The summed E-state index contributed by atoms with van der Waals surface area (Å²) in [7, 11) is 0. The fourth-order valence-electron chi connectivity index (χ4n) is 2.17. The normalized spacial score (nSPS) is 10.2. The molecule has 0 atom stereocenters. The summed E-state index contributed by atoms with van der Waals surface area (Å²) in [6.07, 6.45) is 0. The van der Waals surface area contributed by atoms with Crippen LogP contribution in [-0.4, -0.2) is 9.97 Å². The van der Waals surface area contributed by atoms with Gasteiger partial charge in [-0.1, -0.05) is 71.8 Å². The Kier molecular flexibility index (Phi) is 3.86. The molecule has 0 fully saturated rings. The van der Waals surface area contributed by atoms with Gasteiger partial charge < -0.3 is 0 Å². The lowest BCUT2D eigenvalue weighted by Gasteiger charge is -2.08. The van der Waals surface area contributed by atoms with Crippen LogP contribution in [0.4, 0.5) is 0 Å². The Morgan fingerprint density at radius 1 is 0.909 bits per heavy atom. The molecule has 3 nitrogen and oxygen atoms in total. The summed E-state index contributed by atoms with van der Waals surface area (Å²) in [5.41, 5.74) is 3.71. The van der Waals surface area contributed by atoms with Crippen molar-refractivity contribution in [3.8, 4) is 28.7 Å². The third-order valence-electron chi connectivity index (χ3n) is 3.33. The van der Waals surface area contributed by atoms with E-state index in [-0.39, 0.29) is 5.15 Å². The van der Waals surface area contributed by atoms with Crippen molar-refractivity contribution < 1.29 is 0 Å². The molecule has 3 aromatic rings. The number of aryl methyl sites for hydroxylation is 1. The minimum absolute atomic E-state index is 0.173. The quantitative estimate of drug-likeness (QED) is 0.648. The number of nitriles is 1. The summed E-state index contributed by atoms with van der Waals surface area (Å²) >= 11 is 6.19. The van der Waals surface area contributed by atoms with Gasteiger partial charge in [-0.3, -0.25) is 0 Å². The number of aromatic nitrogens is 2. The molecule has 0 saturated carbocycles. The van der Waals surface area contributed by atoms with Crippen molar-refractivity contribution in [3.05, 3.63) is 70.9 Å². The van der Waals surface area contributed by atoms with E-state index in [9.17, 15) is 5.26 Å². The second-order valence-electron chi connectivity index (χ2n) is 4.91. The van der Waals surface area contributed by atoms with E-state index in [0.717, 1.165) is 16.7 Å². The van der Waals surface area contributed by atoms with E-state index >= 15 is 0 Å². The molecule has 0 bridgehead atoms. The van der Waals surface area contributed by atoms with Crippen molar-refractivity contribution in [3.63, 3.8) is 0 Å². The van der Waals surface area contributed by atoms with E-state index in [2.05, 4.69) is 16.0 Å². The molecular formula is C18H12ClN3. The van der Waals surface area contributed by atoms with Crippen LogP contribution in [0, 0.1) is 18.3 Å². The van der Waals surface area contributed by atoms with Gasteiger partial charge in [0.15, 0.2) is 11.0 Å². The lowest BCUT2D eigenvalue weighted by atomic mass is 10.1. The first-order valence-corrected chi connectivity index (χ1v) is 7.17. The highest BCUT2D eigenvalue weighted by atomic mass is 35.5. The molecule has 0 aliphatic rings. The summed E-state index contributed by atoms with van der Waals surface area (Å²) in [4.78, 5) is 8.81. The third-order valence-corrected chi connectivity index (χ3v) is 3.61. The Morgan fingerprint density at radius 3 is 2.23 bits per heavy atom. The first-order valence-electron chi connectivity index (χ1n) is 6.79. The molecule has 4 heteroatoms. The molecule has 0 aliphatic carbocycles. The van der Waals surface area contributed by atoms with Crippen LogP contribution >= 0.6 is 11.6 Å². The molecule has 0 N–H and O–H groups in total. The largest absolute Gasteiger partial charge is 0.226 e. The molecule has 2 aromatic carbocycles. The second-order valence-corrected chi connectivity index (χ2v) is 5.26. The molecular weight excluding hydrogens is 294 g/mol. The highest BCUT2D eigenvalue weighted by Crippen LogP contribution is 2.29. The average Bonchev–Trinajstić information content (AvgIpc) is 2.55. The van der Waals surface area contributed by atoms with Crippen LogP contribution in [-0.2, 0) is 0 Å². The molecule has 3 rings (SSSR count). The molecule has 1 heterocycles. The molecule has 0 aliphatic heterocycles. The monoisotopic (exact) mass is 305 g/mol. The Balaban J connectivity index is 2.22. The summed E-state index contributed by atoms with van der Waals surface area (Å²) in [6.45, 7) is 2.01. The predicted molar refractivity (Wildman–Crippen MR) is 87.4 cm³/mol. The van der Waals surface area contributed by atoms with Gasteiger partial charge in [0.05, 0.1) is 5.69 Å². The maximum atomic E-state index is 9.36. The lowest BCUT2D eigenvalue weighted by Crippen LogP contribution is -1.98. The fraction of sp³-hybridized carbons (Fsp3) is 0.0556. The molecule has 0 unspecified atom stereocenters. The van der Waals surface area contributed by atoms with Gasteiger partial charge in [0.1, 0.15) is 11.6 Å². The maximum absolute atomic E-state index is 9.36. The topological polar surface area (TPSA) is 49.6 Å². The van der Waals surface area contributed by atoms with Crippen molar-refractivity contribution >= 4 is 11.6 Å². The van der Waals surface area contributed by atoms with Gasteiger partial charge in [0, 0.05) is 11.1 Å². The number of rotatable bonds is 2. The summed E-state index contributed by atoms with van der Waals surface area (Å²) in [5, 5.41) is 9.54. The van der Waals surface area contributed by atoms with E-state index in [0.29, 0.717) is 17.1 Å². The second kappa shape index (κ2) is 5.97. The van der Waals surface area contributed by atoms with Crippen LogP contribution in [0.25, 0.3) is 22.6 Å². The molecule has 0 radical (unpaired) electrons. The van der Waals surface area contributed by atoms with E-state index < -0.39 is 0 Å². The highest BCUT2D eigenvalue weighted by molar-refractivity contribution is 6.31. The molecule has 22 heavy (non-hydrogen) atoms. The minimum atomic E-state index is 0.173. The van der Waals surface area contributed by atoms with E-state index in [1.165, 1.54) is 0 Å². The van der Waals surface area contributed by atoms with Crippen molar-refractivity contribution in [1.82, 2.24) is 9.97 Å². The molecule has 0 saturated heterocycles. The maximum Gasteiger partial charge on any atom is 0.161 e. The standard InChI is InChI=1S/C18H12ClN3/c1-12-7-9-13(10-8-12)16-15(11-20)17(19)22-18(21-16)14-5-3-2-4-6-14/h2-10H,1H3. The zero-order chi connectivity index (χ0) is 15.5. The lowest BCUT2D eigenvalue weighted by molar-refractivity contribution is 1.16. The van der Waals surface area contributed by atoms with Crippen LogP contribution in [0.1, 0.15) is 11.1 Å². The Hall–Kier alpha value is -2.70. The Morgan fingerprint density at radius 2 is 1.59 bits per heavy atom. The van der Waals surface area contributed by atoms with Crippen LogP contribution in [0.15, 0.2) is 54.6 Å².